The highest BCUT2D eigenvalue weighted by atomic mass is 16.3. The van der Waals surface area contributed by atoms with Gasteiger partial charge < -0.3 is 5.11 Å². The minimum atomic E-state index is -0.0329. The fourth-order valence-corrected chi connectivity index (χ4v) is 2.95. The molecule has 2 aliphatic rings. The van der Waals surface area contributed by atoms with Gasteiger partial charge in [0.05, 0.1) is 6.10 Å². The second kappa shape index (κ2) is 5.13. The molecule has 0 bridgehead atoms. The first kappa shape index (κ1) is 10.4. The van der Waals surface area contributed by atoms with E-state index in [4.69, 9.17) is 0 Å². The average Bonchev–Trinajstić information content (AvgIpc) is 2.51. The summed E-state index contributed by atoms with van der Waals surface area (Å²) in [5.41, 5.74) is 0. The maximum absolute atomic E-state index is 9.86. The number of rotatable bonds is 1. The molecule has 1 saturated carbocycles. The lowest BCUT2D eigenvalue weighted by Crippen LogP contribution is -2.42. The standard InChI is InChI=1S/C12H23NO/c14-12-8-6-7-11(12)13-9-4-2-1-3-5-10-13/h11-12,14H,1-10H2/t11-,12-/m1/s1. The van der Waals surface area contributed by atoms with Crippen LogP contribution in [0.3, 0.4) is 0 Å². The first-order chi connectivity index (χ1) is 6.88. The Balaban J connectivity index is 1.86. The van der Waals surface area contributed by atoms with Crippen LogP contribution < -0.4 is 0 Å². The van der Waals surface area contributed by atoms with Gasteiger partial charge in [0.15, 0.2) is 0 Å². The van der Waals surface area contributed by atoms with Crippen LogP contribution in [0.4, 0.5) is 0 Å². The van der Waals surface area contributed by atoms with E-state index in [2.05, 4.69) is 4.90 Å². The number of aliphatic hydroxyl groups is 1. The zero-order chi connectivity index (χ0) is 9.80. The highest BCUT2D eigenvalue weighted by molar-refractivity contribution is 4.85. The Morgan fingerprint density at radius 3 is 2.00 bits per heavy atom. The van der Waals surface area contributed by atoms with Crippen LogP contribution in [0.5, 0.6) is 0 Å². The Morgan fingerprint density at radius 2 is 1.43 bits per heavy atom. The van der Waals surface area contributed by atoms with E-state index >= 15 is 0 Å². The van der Waals surface area contributed by atoms with E-state index in [-0.39, 0.29) is 6.10 Å². The summed E-state index contributed by atoms with van der Waals surface area (Å²) in [6.45, 7) is 2.45. The van der Waals surface area contributed by atoms with Crippen LogP contribution in [0.1, 0.15) is 51.4 Å². The molecule has 1 N–H and O–H groups in total. The molecule has 1 saturated heterocycles. The third kappa shape index (κ3) is 2.48. The summed E-state index contributed by atoms with van der Waals surface area (Å²) in [6.07, 6.45) is 10.3. The fourth-order valence-electron chi connectivity index (χ4n) is 2.95. The first-order valence-corrected chi connectivity index (χ1v) is 6.30. The SMILES string of the molecule is O[C@@H]1CCC[C@H]1N1CCCCCCC1. The van der Waals surface area contributed by atoms with Crippen LogP contribution in [-0.2, 0) is 0 Å². The van der Waals surface area contributed by atoms with Crippen molar-refractivity contribution in [3.63, 3.8) is 0 Å². The molecule has 0 aromatic carbocycles. The lowest BCUT2D eigenvalue weighted by molar-refractivity contribution is 0.0656. The predicted octanol–water partition coefficient (Wildman–Crippen LogP) is 2.17. The third-order valence-electron chi connectivity index (χ3n) is 3.80. The smallest absolute Gasteiger partial charge is 0.0695 e. The Hall–Kier alpha value is -0.0800. The van der Waals surface area contributed by atoms with Crippen LogP contribution in [0.2, 0.25) is 0 Å². The van der Waals surface area contributed by atoms with E-state index in [1.54, 1.807) is 0 Å². The van der Waals surface area contributed by atoms with Gasteiger partial charge in [-0.3, -0.25) is 4.90 Å². The normalized spacial score (nSPS) is 36.6. The number of hydrogen-bond acceptors (Lipinski definition) is 2. The molecule has 0 aromatic rings. The molecule has 1 heterocycles. The molecule has 0 aromatic heterocycles. The summed E-state index contributed by atoms with van der Waals surface area (Å²) < 4.78 is 0. The quantitative estimate of drug-likeness (QED) is 0.696. The van der Waals surface area contributed by atoms with Crippen molar-refractivity contribution in [2.24, 2.45) is 0 Å². The van der Waals surface area contributed by atoms with Gasteiger partial charge in [-0.2, -0.15) is 0 Å². The van der Waals surface area contributed by atoms with Gasteiger partial charge in [0.25, 0.3) is 0 Å². The summed E-state index contributed by atoms with van der Waals surface area (Å²) in [5.74, 6) is 0. The van der Waals surface area contributed by atoms with Crippen LogP contribution >= 0.6 is 0 Å². The molecule has 2 atom stereocenters. The first-order valence-electron chi connectivity index (χ1n) is 6.30. The molecule has 0 radical (unpaired) electrons. The van der Waals surface area contributed by atoms with Crippen molar-refractivity contribution in [3.05, 3.63) is 0 Å². The van der Waals surface area contributed by atoms with E-state index in [1.165, 1.54) is 58.0 Å². The van der Waals surface area contributed by atoms with Gasteiger partial charge in [-0.15, -0.1) is 0 Å². The minimum Gasteiger partial charge on any atom is -0.391 e. The summed E-state index contributed by atoms with van der Waals surface area (Å²) in [6, 6.07) is 0.494. The molecular formula is C12H23NO. The fraction of sp³-hybridized carbons (Fsp3) is 1.00. The molecule has 1 aliphatic heterocycles. The van der Waals surface area contributed by atoms with E-state index in [9.17, 15) is 5.11 Å². The van der Waals surface area contributed by atoms with Crippen molar-refractivity contribution in [2.75, 3.05) is 13.1 Å². The van der Waals surface area contributed by atoms with Crippen molar-refractivity contribution in [2.45, 2.75) is 63.5 Å². The Labute approximate surface area is 87.3 Å². The number of aliphatic hydroxyl groups excluding tert-OH is 1. The van der Waals surface area contributed by atoms with E-state index in [0.717, 1.165) is 6.42 Å². The van der Waals surface area contributed by atoms with Gasteiger partial charge in [0.1, 0.15) is 0 Å². The second-order valence-electron chi connectivity index (χ2n) is 4.87. The molecule has 2 rings (SSSR count). The molecular weight excluding hydrogens is 174 g/mol. The van der Waals surface area contributed by atoms with Crippen LogP contribution in [0.15, 0.2) is 0 Å². The zero-order valence-corrected chi connectivity index (χ0v) is 9.12. The third-order valence-corrected chi connectivity index (χ3v) is 3.80. The molecule has 2 fully saturated rings. The average molecular weight is 197 g/mol. The van der Waals surface area contributed by atoms with Crippen LogP contribution in [0, 0.1) is 0 Å². The lowest BCUT2D eigenvalue weighted by Gasteiger charge is -2.32. The maximum atomic E-state index is 9.86. The Kier molecular flexibility index (Phi) is 3.82. The summed E-state index contributed by atoms with van der Waals surface area (Å²) in [4.78, 5) is 2.55. The summed E-state index contributed by atoms with van der Waals surface area (Å²) >= 11 is 0. The number of hydrogen-bond donors (Lipinski definition) is 1. The Bertz CT molecular complexity index is 164. The molecule has 2 heteroatoms. The monoisotopic (exact) mass is 197 g/mol. The van der Waals surface area contributed by atoms with E-state index in [0.29, 0.717) is 6.04 Å². The number of likely N-dealkylation sites (tertiary alicyclic amines) is 1. The predicted molar refractivity (Wildman–Crippen MR) is 58.3 cm³/mol. The molecule has 0 amide bonds. The van der Waals surface area contributed by atoms with Crippen molar-refractivity contribution in [1.82, 2.24) is 4.90 Å². The lowest BCUT2D eigenvalue weighted by atomic mass is 10.1. The zero-order valence-electron chi connectivity index (χ0n) is 9.12. The minimum absolute atomic E-state index is 0.0329. The highest BCUT2D eigenvalue weighted by Gasteiger charge is 2.30. The van der Waals surface area contributed by atoms with Gasteiger partial charge in [-0.05, 0) is 45.2 Å². The second-order valence-corrected chi connectivity index (χ2v) is 4.87. The van der Waals surface area contributed by atoms with Gasteiger partial charge in [-0.1, -0.05) is 19.3 Å². The molecule has 0 spiro atoms. The van der Waals surface area contributed by atoms with Gasteiger partial charge in [0.2, 0.25) is 0 Å². The highest BCUT2D eigenvalue weighted by Crippen LogP contribution is 2.25. The Morgan fingerprint density at radius 1 is 0.786 bits per heavy atom. The van der Waals surface area contributed by atoms with Gasteiger partial charge in [0, 0.05) is 6.04 Å². The number of nitrogens with zero attached hydrogens (tertiary/aromatic N) is 1. The van der Waals surface area contributed by atoms with Gasteiger partial charge in [-0.25, -0.2) is 0 Å². The molecule has 82 valence electrons. The summed E-state index contributed by atoms with van der Waals surface area (Å²) in [5, 5.41) is 9.86. The topological polar surface area (TPSA) is 23.5 Å². The van der Waals surface area contributed by atoms with Crippen LogP contribution in [0.25, 0.3) is 0 Å². The molecule has 1 aliphatic carbocycles. The summed E-state index contributed by atoms with van der Waals surface area (Å²) in [7, 11) is 0. The van der Waals surface area contributed by atoms with Crippen molar-refractivity contribution in [3.8, 4) is 0 Å². The van der Waals surface area contributed by atoms with Crippen molar-refractivity contribution < 1.29 is 5.11 Å². The largest absolute Gasteiger partial charge is 0.391 e. The van der Waals surface area contributed by atoms with E-state index < -0.39 is 0 Å². The van der Waals surface area contributed by atoms with E-state index in [1.807, 2.05) is 0 Å². The maximum Gasteiger partial charge on any atom is 0.0695 e. The molecule has 14 heavy (non-hydrogen) atoms. The molecule has 2 nitrogen and oxygen atoms in total. The van der Waals surface area contributed by atoms with Crippen molar-refractivity contribution >= 4 is 0 Å². The molecule has 0 unspecified atom stereocenters. The van der Waals surface area contributed by atoms with Crippen molar-refractivity contribution in [1.29, 1.82) is 0 Å². The van der Waals surface area contributed by atoms with Gasteiger partial charge >= 0.3 is 0 Å². The van der Waals surface area contributed by atoms with Crippen LogP contribution in [-0.4, -0.2) is 35.2 Å².